The Labute approximate surface area is 51.4 Å². The Bertz CT molecular complexity index is 93.1. The Hall–Kier alpha value is 0.0300. The molecule has 0 radical (unpaired) electrons. The summed E-state index contributed by atoms with van der Waals surface area (Å²) in [5, 5.41) is 15.5. The molecule has 0 saturated carbocycles. The van der Waals surface area contributed by atoms with Crippen molar-refractivity contribution >= 4 is 8.03 Å². The molecule has 6 nitrogen and oxygen atoms in total. The molecule has 2 atom stereocenters. The van der Waals surface area contributed by atoms with Crippen molar-refractivity contribution in [2.75, 3.05) is 6.61 Å². The lowest BCUT2D eigenvalue weighted by Crippen LogP contribution is -2.12. The predicted molar refractivity (Wildman–Crippen MR) is 27.3 cm³/mol. The van der Waals surface area contributed by atoms with Gasteiger partial charge in [0, 0.05) is 0 Å². The largest absolute Gasteiger partial charge is 0.344 e. The average Bonchev–Trinajstić information content (AvgIpc) is 1.82. The van der Waals surface area contributed by atoms with Crippen molar-refractivity contribution in [1.29, 1.82) is 0 Å². The minimum Gasteiger partial charge on any atom is -0.344 e. The third kappa shape index (κ3) is 3.58. The highest BCUT2D eigenvalue weighted by Gasteiger charge is 2.14. The van der Waals surface area contributed by atoms with Gasteiger partial charge in [-0.15, -0.1) is 0 Å². The van der Waals surface area contributed by atoms with E-state index in [4.69, 9.17) is 15.4 Å². The van der Waals surface area contributed by atoms with Gasteiger partial charge in [0.1, 0.15) is 6.61 Å². The smallest absolute Gasteiger partial charge is 0.222 e. The minimum absolute atomic E-state index is 0.523. The molecule has 0 fully saturated rings. The maximum atomic E-state index is 10.0. The summed E-state index contributed by atoms with van der Waals surface area (Å²) in [5.41, 5.74) is 0. The molecule has 3 N–H and O–H groups in total. The van der Waals surface area contributed by atoms with Gasteiger partial charge in [-0.3, -0.25) is 15.1 Å². The number of rotatable bonds is 4. The Balaban J connectivity index is 3.54. The van der Waals surface area contributed by atoms with Crippen LogP contribution in [-0.4, -0.2) is 27.9 Å². The van der Waals surface area contributed by atoms with Crippen molar-refractivity contribution in [3.05, 3.63) is 0 Å². The molecule has 0 spiro atoms. The van der Waals surface area contributed by atoms with Crippen LogP contribution in [0.4, 0.5) is 0 Å². The first-order chi connectivity index (χ1) is 4.22. The standard InChI is InChI=1S/C2H7O6P/c3-7-1-2(8-4)9(5)6/h2-4,9H,1H2,(H,5,6). The molecular formula is C2H7O6P. The molecule has 0 amide bonds. The summed E-state index contributed by atoms with van der Waals surface area (Å²) in [6, 6.07) is 0. The van der Waals surface area contributed by atoms with E-state index < -0.39 is 20.5 Å². The van der Waals surface area contributed by atoms with E-state index in [2.05, 4.69) is 9.78 Å². The molecule has 0 saturated heterocycles. The molecule has 9 heavy (non-hydrogen) atoms. The van der Waals surface area contributed by atoms with Gasteiger partial charge in [-0.1, -0.05) is 0 Å². The third-order valence-electron chi connectivity index (χ3n) is 0.629. The fraction of sp³-hybridized carbons (Fsp3) is 1.00. The van der Waals surface area contributed by atoms with Crippen molar-refractivity contribution in [2.45, 2.75) is 5.85 Å². The molecule has 0 aromatic carbocycles. The van der Waals surface area contributed by atoms with E-state index in [1.807, 2.05) is 0 Å². The average molecular weight is 158 g/mol. The maximum absolute atomic E-state index is 10.0. The maximum Gasteiger partial charge on any atom is 0.222 e. The highest BCUT2D eigenvalue weighted by Crippen LogP contribution is 2.22. The first-order valence-electron chi connectivity index (χ1n) is 2.01. The second-order valence-corrected chi connectivity index (χ2v) is 2.55. The van der Waals surface area contributed by atoms with Gasteiger partial charge in [0.05, 0.1) is 0 Å². The monoisotopic (exact) mass is 158 g/mol. The zero-order valence-electron chi connectivity index (χ0n) is 4.35. The van der Waals surface area contributed by atoms with Crippen molar-refractivity contribution < 1.29 is 29.7 Å². The Morgan fingerprint density at radius 1 is 1.56 bits per heavy atom. The van der Waals surface area contributed by atoms with Gasteiger partial charge in [-0.2, -0.15) is 0 Å². The van der Waals surface area contributed by atoms with Crippen molar-refractivity contribution in [3.8, 4) is 0 Å². The Morgan fingerprint density at radius 2 is 2.11 bits per heavy atom. The van der Waals surface area contributed by atoms with Gasteiger partial charge < -0.3 is 4.89 Å². The highest BCUT2D eigenvalue weighted by molar-refractivity contribution is 7.38. The molecule has 0 aromatic heterocycles. The van der Waals surface area contributed by atoms with Gasteiger partial charge in [-0.05, 0) is 0 Å². The van der Waals surface area contributed by atoms with Gasteiger partial charge in [0.25, 0.3) is 0 Å². The van der Waals surface area contributed by atoms with Crippen LogP contribution < -0.4 is 0 Å². The minimum atomic E-state index is -2.99. The van der Waals surface area contributed by atoms with E-state index in [1.165, 1.54) is 0 Å². The van der Waals surface area contributed by atoms with Gasteiger partial charge in [0.2, 0.25) is 8.03 Å². The molecule has 7 heteroatoms. The molecule has 0 rings (SSSR count). The summed E-state index contributed by atoms with van der Waals surface area (Å²) < 4.78 is 10.0. The molecule has 0 heterocycles. The Morgan fingerprint density at radius 3 is 2.22 bits per heavy atom. The summed E-state index contributed by atoms with van der Waals surface area (Å²) >= 11 is 0. The van der Waals surface area contributed by atoms with E-state index in [-0.39, 0.29) is 0 Å². The van der Waals surface area contributed by atoms with Crippen LogP contribution in [0.1, 0.15) is 0 Å². The summed E-state index contributed by atoms with van der Waals surface area (Å²) in [7, 11) is -2.99. The van der Waals surface area contributed by atoms with Crippen molar-refractivity contribution in [1.82, 2.24) is 0 Å². The van der Waals surface area contributed by atoms with Crippen LogP contribution in [0.25, 0.3) is 0 Å². The van der Waals surface area contributed by atoms with E-state index in [1.54, 1.807) is 0 Å². The van der Waals surface area contributed by atoms with E-state index in [9.17, 15) is 4.57 Å². The quantitative estimate of drug-likeness (QED) is 0.297. The molecule has 56 valence electrons. The number of hydrogen-bond acceptors (Lipinski definition) is 5. The van der Waals surface area contributed by atoms with Crippen LogP contribution in [0.3, 0.4) is 0 Å². The number of hydrogen-bond donors (Lipinski definition) is 3. The molecular weight excluding hydrogens is 151 g/mol. The Kier molecular flexibility index (Phi) is 4.88. The van der Waals surface area contributed by atoms with Gasteiger partial charge in [-0.25, -0.2) is 9.78 Å². The molecule has 0 aromatic rings. The highest BCUT2D eigenvalue weighted by atomic mass is 31.1. The van der Waals surface area contributed by atoms with Crippen LogP contribution in [0.5, 0.6) is 0 Å². The summed E-state index contributed by atoms with van der Waals surface area (Å²) in [6.45, 7) is -0.523. The third-order valence-corrected chi connectivity index (χ3v) is 1.45. The lowest BCUT2D eigenvalue weighted by atomic mass is 10.8. The molecule has 0 aliphatic heterocycles. The second-order valence-electron chi connectivity index (χ2n) is 1.23. The molecule has 0 aliphatic rings. The summed E-state index contributed by atoms with van der Waals surface area (Å²) in [5.74, 6) is -1.35. The molecule has 0 bridgehead atoms. The zero-order chi connectivity index (χ0) is 7.28. The lowest BCUT2D eigenvalue weighted by Gasteiger charge is -2.04. The van der Waals surface area contributed by atoms with Gasteiger partial charge in [0.15, 0.2) is 5.85 Å². The van der Waals surface area contributed by atoms with E-state index in [0.29, 0.717) is 0 Å². The van der Waals surface area contributed by atoms with Crippen LogP contribution in [-0.2, 0) is 14.3 Å². The first kappa shape index (κ1) is 9.03. The SMILES string of the molecule is O=[PH](O)C(COO)OO. The summed E-state index contributed by atoms with van der Waals surface area (Å²) in [6.07, 6.45) is 0. The van der Waals surface area contributed by atoms with Crippen LogP contribution in [0, 0.1) is 0 Å². The van der Waals surface area contributed by atoms with Crippen molar-refractivity contribution in [2.24, 2.45) is 0 Å². The lowest BCUT2D eigenvalue weighted by molar-refractivity contribution is -0.308. The fourth-order valence-electron chi connectivity index (χ4n) is 0.215. The zero-order valence-corrected chi connectivity index (χ0v) is 5.35. The summed E-state index contributed by atoms with van der Waals surface area (Å²) in [4.78, 5) is 15.1. The predicted octanol–water partition coefficient (Wildman–Crippen LogP) is -0.241. The van der Waals surface area contributed by atoms with Crippen LogP contribution in [0.15, 0.2) is 0 Å². The second kappa shape index (κ2) is 4.87. The first-order valence-corrected chi connectivity index (χ1v) is 3.45. The fourth-order valence-corrected chi connectivity index (χ4v) is 0.522. The van der Waals surface area contributed by atoms with E-state index >= 15 is 0 Å². The molecule has 2 unspecified atom stereocenters. The van der Waals surface area contributed by atoms with Crippen LogP contribution >= 0.6 is 8.03 Å². The molecule has 0 aliphatic carbocycles. The normalized spacial score (nSPS) is 17.2. The van der Waals surface area contributed by atoms with Crippen LogP contribution in [0.2, 0.25) is 0 Å². The van der Waals surface area contributed by atoms with E-state index in [0.717, 1.165) is 0 Å². The van der Waals surface area contributed by atoms with Gasteiger partial charge >= 0.3 is 0 Å². The topological polar surface area (TPSA) is 96.2 Å². The van der Waals surface area contributed by atoms with Crippen molar-refractivity contribution in [3.63, 3.8) is 0 Å².